The molecule has 0 saturated heterocycles. The Bertz CT molecular complexity index is 1490. The summed E-state index contributed by atoms with van der Waals surface area (Å²) in [5.74, 6) is 0. The standard InChI is InChI=1S/C26H18ClF3N4O/c27-20-7-9-21(10-8-20)32-25(35)34-15-22(24(33-34)16-4-2-1-3-5-16)18-12-17-13-19(26(28,29)30)6-11-23(17)31-14-18/h2,4-15H,1,3H2,(H,32,35). The molecule has 0 aliphatic heterocycles. The van der Waals surface area contributed by atoms with Gasteiger partial charge in [0.15, 0.2) is 0 Å². The number of carbonyl (C=O) groups excluding carboxylic acids is 1. The number of anilines is 1. The van der Waals surface area contributed by atoms with Gasteiger partial charge in [-0.1, -0.05) is 29.8 Å². The highest BCUT2D eigenvalue weighted by Crippen LogP contribution is 2.34. The van der Waals surface area contributed by atoms with Crippen molar-refractivity contribution in [2.45, 2.75) is 19.0 Å². The number of pyridine rings is 1. The lowest BCUT2D eigenvalue weighted by Gasteiger charge is -2.09. The van der Waals surface area contributed by atoms with Gasteiger partial charge in [-0.25, -0.2) is 4.79 Å². The number of halogens is 4. The molecule has 1 aliphatic rings. The van der Waals surface area contributed by atoms with Gasteiger partial charge in [0.2, 0.25) is 0 Å². The third kappa shape index (κ3) is 4.83. The lowest BCUT2D eigenvalue weighted by Crippen LogP contribution is -2.20. The second kappa shape index (κ2) is 9.03. The highest BCUT2D eigenvalue weighted by atomic mass is 35.5. The summed E-state index contributed by atoms with van der Waals surface area (Å²) < 4.78 is 40.9. The molecule has 2 aromatic carbocycles. The molecule has 2 aromatic heterocycles. The van der Waals surface area contributed by atoms with Gasteiger partial charge in [0, 0.05) is 39.6 Å². The van der Waals surface area contributed by atoms with E-state index in [1.807, 2.05) is 18.2 Å². The molecular formula is C26H18ClF3N4O. The van der Waals surface area contributed by atoms with Gasteiger partial charge in [-0.3, -0.25) is 4.98 Å². The molecule has 1 aliphatic carbocycles. The van der Waals surface area contributed by atoms with E-state index in [-0.39, 0.29) is 0 Å². The monoisotopic (exact) mass is 494 g/mol. The van der Waals surface area contributed by atoms with Gasteiger partial charge in [0.05, 0.1) is 11.1 Å². The number of rotatable bonds is 3. The van der Waals surface area contributed by atoms with Crippen LogP contribution in [0.2, 0.25) is 5.02 Å². The van der Waals surface area contributed by atoms with Crippen LogP contribution in [-0.2, 0) is 6.18 Å². The summed E-state index contributed by atoms with van der Waals surface area (Å²) in [5, 5.41) is 8.16. The van der Waals surface area contributed by atoms with Crippen molar-refractivity contribution in [2.24, 2.45) is 0 Å². The molecule has 5 rings (SSSR count). The van der Waals surface area contributed by atoms with Crippen LogP contribution in [0.1, 0.15) is 24.1 Å². The first-order valence-corrected chi connectivity index (χ1v) is 11.2. The molecule has 5 nitrogen and oxygen atoms in total. The van der Waals surface area contributed by atoms with E-state index in [0.717, 1.165) is 30.5 Å². The Hall–Kier alpha value is -3.91. The maximum Gasteiger partial charge on any atom is 0.416 e. The Labute approximate surface area is 203 Å². The average Bonchev–Trinajstić information content (AvgIpc) is 3.30. The average molecular weight is 495 g/mol. The van der Waals surface area contributed by atoms with E-state index in [1.165, 1.54) is 10.7 Å². The molecule has 0 spiro atoms. The summed E-state index contributed by atoms with van der Waals surface area (Å²) in [7, 11) is 0. The number of nitrogens with one attached hydrogen (secondary N) is 1. The number of allylic oxidation sites excluding steroid dienone is 4. The largest absolute Gasteiger partial charge is 0.416 e. The van der Waals surface area contributed by atoms with Gasteiger partial charge in [0.1, 0.15) is 5.69 Å². The number of aromatic nitrogens is 3. The lowest BCUT2D eigenvalue weighted by molar-refractivity contribution is -0.137. The summed E-state index contributed by atoms with van der Waals surface area (Å²) in [6, 6.07) is 11.2. The summed E-state index contributed by atoms with van der Waals surface area (Å²) in [4.78, 5) is 17.3. The first kappa shape index (κ1) is 22.9. The third-order valence-corrected chi connectivity index (χ3v) is 5.86. The number of nitrogens with zero attached hydrogens (tertiary/aromatic N) is 3. The Kier molecular flexibility index (Phi) is 5.90. The summed E-state index contributed by atoms with van der Waals surface area (Å²) in [6.45, 7) is 0. The van der Waals surface area contributed by atoms with Gasteiger partial charge in [-0.15, -0.1) is 0 Å². The molecule has 0 atom stereocenters. The van der Waals surface area contributed by atoms with Gasteiger partial charge in [0.25, 0.3) is 0 Å². The minimum absolute atomic E-state index is 0.342. The van der Waals surface area contributed by atoms with Crippen molar-refractivity contribution in [1.29, 1.82) is 0 Å². The SMILES string of the molecule is O=C(Nc1ccc(Cl)cc1)n1cc(-c2cnc3ccc(C(F)(F)F)cc3c2)c(C2=CCCC=C2)n1. The topological polar surface area (TPSA) is 59.8 Å². The maximum absolute atomic E-state index is 13.2. The van der Waals surface area contributed by atoms with Crippen LogP contribution in [0, 0.1) is 0 Å². The number of amides is 1. The van der Waals surface area contributed by atoms with Crippen LogP contribution < -0.4 is 5.32 Å². The fraction of sp³-hybridized carbons (Fsp3) is 0.115. The first-order valence-electron chi connectivity index (χ1n) is 10.8. The fourth-order valence-corrected chi connectivity index (χ4v) is 3.99. The number of alkyl halides is 3. The lowest BCUT2D eigenvalue weighted by atomic mass is 9.98. The molecule has 0 saturated carbocycles. The number of hydrogen-bond acceptors (Lipinski definition) is 3. The summed E-state index contributed by atoms with van der Waals surface area (Å²) in [5.41, 5.74) is 2.74. The third-order valence-electron chi connectivity index (χ3n) is 5.61. The van der Waals surface area contributed by atoms with Crippen molar-refractivity contribution in [1.82, 2.24) is 14.8 Å². The highest BCUT2D eigenvalue weighted by Gasteiger charge is 2.30. The number of fused-ring (bicyclic) bond motifs is 1. The predicted octanol–water partition coefficient (Wildman–Crippen LogP) is 7.58. The molecule has 1 amide bonds. The van der Waals surface area contributed by atoms with Crippen LogP contribution in [0.3, 0.4) is 0 Å². The maximum atomic E-state index is 13.2. The molecule has 0 bridgehead atoms. The molecule has 9 heteroatoms. The van der Waals surface area contributed by atoms with Crippen molar-refractivity contribution in [3.8, 4) is 11.1 Å². The van der Waals surface area contributed by atoms with Gasteiger partial charge >= 0.3 is 12.2 Å². The smallest absolute Gasteiger partial charge is 0.306 e. The van der Waals surface area contributed by atoms with Crippen LogP contribution in [0.5, 0.6) is 0 Å². The number of carbonyl (C=O) groups is 1. The first-order chi connectivity index (χ1) is 16.8. The van der Waals surface area contributed by atoms with Gasteiger partial charge in [-0.05, 0) is 66.9 Å². The van der Waals surface area contributed by atoms with E-state index in [0.29, 0.717) is 38.4 Å². The van der Waals surface area contributed by atoms with E-state index in [2.05, 4.69) is 15.4 Å². The molecule has 0 unspecified atom stereocenters. The van der Waals surface area contributed by atoms with Crippen molar-refractivity contribution >= 4 is 39.8 Å². The second-order valence-corrected chi connectivity index (χ2v) is 8.48. The van der Waals surface area contributed by atoms with Crippen LogP contribution >= 0.6 is 11.6 Å². The fourth-order valence-electron chi connectivity index (χ4n) is 3.86. The van der Waals surface area contributed by atoms with Crippen molar-refractivity contribution in [3.63, 3.8) is 0 Å². The van der Waals surface area contributed by atoms with Crippen molar-refractivity contribution < 1.29 is 18.0 Å². The Morgan fingerprint density at radius 2 is 1.86 bits per heavy atom. The zero-order valence-electron chi connectivity index (χ0n) is 18.2. The van der Waals surface area contributed by atoms with Crippen LogP contribution in [0.4, 0.5) is 23.7 Å². The van der Waals surface area contributed by atoms with Crippen molar-refractivity contribution in [2.75, 3.05) is 5.32 Å². The van der Waals surface area contributed by atoms with E-state index < -0.39 is 17.8 Å². The summed E-state index contributed by atoms with van der Waals surface area (Å²) in [6.07, 6.45) is 6.34. The molecule has 176 valence electrons. The Balaban J connectivity index is 1.57. The van der Waals surface area contributed by atoms with Gasteiger partial charge in [-0.2, -0.15) is 23.0 Å². The molecule has 0 radical (unpaired) electrons. The van der Waals surface area contributed by atoms with E-state index in [4.69, 9.17) is 11.6 Å². The van der Waals surface area contributed by atoms with E-state index >= 15 is 0 Å². The molecular weight excluding hydrogens is 477 g/mol. The molecule has 4 aromatic rings. The van der Waals surface area contributed by atoms with E-state index in [9.17, 15) is 18.0 Å². The van der Waals surface area contributed by atoms with Crippen LogP contribution in [0.15, 0.2) is 79.2 Å². The van der Waals surface area contributed by atoms with Gasteiger partial charge < -0.3 is 5.32 Å². The normalized spacial score (nSPS) is 13.7. The minimum atomic E-state index is -4.46. The molecule has 0 fully saturated rings. The zero-order chi connectivity index (χ0) is 24.6. The van der Waals surface area contributed by atoms with Crippen LogP contribution in [0.25, 0.3) is 27.6 Å². The minimum Gasteiger partial charge on any atom is -0.306 e. The van der Waals surface area contributed by atoms with E-state index in [1.54, 1.807) is 42.7 Å². The Morgan fingerprint density at radius 3 is 2.57 bits per heavy atom. The van der Waals surface area contributed by atoms with Crippen LogP contribution in [-0.4, -0.2) is 20.8 Å². The molecule has 1 N–H and O–H groups in total. The predicted molar refractivity (Wildman–Crippen MR) is 130 cm³/mol. The number of hydrogen-bond donors (Lipinski definition) is 1. The molecule has 35 heavy (non-hydrogen) atoms. The van der Waals surface area contributed by atoms with Crippen molar-refractivity contribution in [3.05, 3.63) is 95.4 Å². The second-order valence-electron chi connectivity index (χ2n) is 8.04. The zero-order valence-corrected chi connectivity index (χ0v) is 18.9. The highest BCUT2D eigenvalue weighted by molar-refractivity contribution is 6.30. The number of benzene rings is 2. The Morgan fingerprint density at radius 1 is 1.06 bits per heavy atom. The summed E-state index contributed by atoms with van der Waals surface area (Å²) >= 11 is 5.91. The molecule has 2 heterocycles. The quantitative estimate of drug-likeness (QED) is 0.319.